The van der Waals surface area contributed by atoms with Crippen molar-refractivity contribution < 1.29 is 0 Å². The normalized spacial score (nSPS) is 11.8. The summed E-state index contributed by atoms with van der Waals surface area (Å²) in [5.41, 5.74) is 10.7. The van der Waals surface area contributed by atoms with E-state index in [1.807, 2.05) is 24.5 Å². The molecule has 48 heavy (non-hydrogen) atoms. The van der Waals surface area contributed by atoms with Gasteiger partial charge in [-0.05, 0) is 72.8 Å². The summed E-state index contributed by atoms with van der Waals surface area (Å²) in [5, 5.41) is 5.77. The molecule has 0 aliphatic carbocycles. The molecule has 0 saturated carbocycles. The van der Waals surface area contributed by atoms with Crippen LogP contribution in [0.5, 0.6) is 0 Å². The Bertz CT molecular complexity index is 2770. The van der Waals surface area contributed by atoms with Gasteiger partial charge in [-0.2, -0.15) is 0 Å². The largest absolute Gasteiger partial charge is 0.309 e. The first-order valence-electron chi connectivity index (χ1n) is 16.1. The monoisotopic (exact) mass is 613 g/mol. The van der Waals surface area contributed by atoms with E-state index in [-0.39, 0.29) is 0 Å². The van der Waals surface area contributed by atoms with Crippen LogP contribution in [0.2, 0.25) is 0 Å². The molecule has 10 aromatic rings. The van der Waals surface area contributed by atoms with Crippen molar-refractivity contribution in [3.8, 4) is 34.0 Å². The number of hydrogen-bond donors (Lipinski definition) is 0. The van der Waals surface area contributed by atoms with Crippen LogP contribution in [0.4, 0.5) is 0 Å². The summed E-state index contributed by atoms with van der Waals surface area (Å²) < 4.78 is 4.63. The summed E-state index contributed by atoms with van der Waals surface area (Å²) in [7, 11) is 0. The third-order valence-corrected chi connectivity index (χ3v) is 9.42. The summed E-state index contributed by atoms with van der Waals surface area (Å²) in [5.74, 6) is 0.700. The minimum absolute atomic E-state index is 0.700. The maximum Gasteiger partial charge on any atom is 0.160 e. The summed E-state index contributed by atoms with van der Waals surface area (Å²) >= 11 is 0. The van der Waals surface area contributed by atoms with Gasteiger partial charge in [-0.1, -0.05) is 78.9 Å². The van der Waals surface area contributed by atoms with E-state index in [2.05, 4.69) is 154 Å². The van der Waals surface area contributed by atoms with Gasteiger partial charge in [0.05, 0.1) is 33.3 Å². The highest BCUT2D eigenvalue weighted by atomic mass is 15.0. The van der Waals surface area contributed by atoms with E-state index >= 15 is 0 Å². The topological polar surface area (TPSA) is 48.5 Å². The van der Waals surface area contributed by atoms with Crippen LogP contribution < -0.4 is 0 Å². The fourth-order valence-electron chi connectivity index (χ4n) is 7.25. The molecular weight excluding hydrogens is 587 g/mol. The van der Waals surface area contributed by atoms with Crippen molar-refractivity contribution >= 4 is 54.5 Å². The zero-order valence-corrected chi connectivity index (χ0v) is 25.8. The van der Waals surface area contributed by atoms with Crippen molar-refractivity contribution in [2.45, 2.75) is 0 Å². The number of para-hydroxylation sites is 4. The van der Waals surface area contributed by atoms with E-state index in [0.717, 1.165) is 60.9 Å². The summed E-state index contributed by atoms with van der Waals surface area (Å²) in [6, 6.07) is 53.3. The smallest absolute Gasteiger partial charge is 0.160 e. The molecule has 0 bridgehead atoms. The predicted molar refractivity (Wildman–Crippen MR) is 197 cm³/mol. The Hall–Kier alpha value is -6.59. The number of aromatic nitrogens is 5. The number of hydrogen-bond acceptors (Lipinski definition) is 3. The first-order valence-corrected chi connectivity index (χ1v) is 16.1. The maximum absolute atomic E-state index is 5.25. The third kappa shape index (κ3) is 4.01. The van der Waals surface area contributed by atoms with E-state index in [1.165, 1.54) is 21.8 Å². The molecule has 0 fully saturated rings. The van der Waals surface area contributed by atoms with E-state index in [1.54, 1.807) is 0 Å². The van der Waals surface area contributed by atoms with Crippen LogP contribution in [-0.2, 0) is 0 Å². The fourth-order valence-corrected chi connectivity index (χ4v) is 7.25. The van der Waals surface area contributed by atoms with Crippen molar-refractivity contribution in [2.24, 2.45) is 0 Å². The molecule has 5 heteroatoms. The van der Waals surface area contributed by atoms with Crippen LogP contribution in [-0.4, -0.2) is 24.1 Å². The SMILES string of the molecule is c1ccc(-n2c3ccncc3c3cc(-c4nc(-c5ccc(-n6c7ccccc7c7ccccc76)cc5)nc5ccccc45)ccc32)cc1. The molecular formula is C43H27N5. The Labute approximate surface area is 276 Å². The molecule has 224 valence electrons. The van der Waals surface area contributed by atoms with E-state index in [4.69, 9.17) is 9.97 Å². The Morgan fingerprint density at radius 1 is 0.396 bits per heavy atom. The lowest BCUT2D eigenvalue weighted by molar-refractivity contribution is 1.17. The minimum Gasteiger partial charge on any atom is -0.309 e. The molecule has 6 aromatic carbocycles. The van der Waals surface area contributed by atoms with Gasteiger partial charge in [0, 0.05) is 61.8 Å². The maximum atomic E-state index is 5.25. The standard InChI is InChI=1S/C43H27N5/c1-2-10-30(11-3-1)47-40-23-20-29(26-35(40)36-27-44-25-24-41(36)47)42-34-14-4-7-15-37(34)45-43(46-42)28-18-21-31(22-19-28)48-38-16-8-5-12-32(38)33-13-6-9-17-39(33)48/h1-27H. The molecule has 10 rings (SSSR count). The Morgan fingerprint density at radius 3 is 1.73 bits per heavy atom. The predicted octanol–water partition coefficient (Wildman–Crippen LogP) is 10.6. The van der Waals surface area contributed by atoms with Crippen LogP contribution in [0.25, 0.3) is 88.5 Å². The highest BCUT2D eigenvalue weighted by Crippen LogP contribution is 2.37. The molecule has 0 amide bonds. The van der Waals surface area contributed by atoms with E-state index in [9.17, 15) is 0 Å². The van der Waals surface area contributed by atoms with Crippen LogP contribution in [0.3, 0.4) is 0 Å². The van der Waals surface area contributed by atoms with Crippen molar-refractivity contribution in [2.75, 3.05) is 0 Å². The van der Waals surface area contributed by atoms with Gasteiger partial charge >= 0.3 is 0 Å². The lowest BCUT2D eigenvalue weighted by atomic mass is 10.0. The van der Waals surface area contributed by atoms with Gasteiger partial charge in [0.15, 0.2) is 5.82 Å². The first kappa shape index (κ1) is 26.6. The quantitative estimate of drug-likeness (QED) is 0.198. The van der Waals surface area contributed by atoms with Crippen molar-refractivity contribution in [3.63, 3.8) is 0 Å². The molecule has 4 aromatic heterocycles. The van der Waals surface area contributed by atoms with Crippen molar-refractivity contribution in [3.05, 3.63) is 164 Å². The second kappa shape index (κ2) is 10.5. The highest BCUT2D eigenvalue weighted by molar-refractivity contribution is 6.11. The van der Waals surface area contributed by atoms with Crippen molar-refractivity contribution in [1.29, 1.82) is 0 Å². The second-order valence-electron chi connectivity index (χ2n) is 12.1. The minimum atomic E-state index is 0.700. The van der Waals surface area contributed by atoms with E-state index < -0.39 is 0 Å². The zero-order chi connectivity index (χ0) is 31.6. The first-order chi connectivity index (χ1) is 23.8. The number of pyridine rings is 1. The summed E-state index contributed by atoms with van der Waals surface area (Å²) in [6.45, 7) is 0. The number of nitrogens with zero attached hydrogens (tertiary/aromatic N) is 5. The van der Waals surface area contributed by atoms with Crippen LogP contribution in [0, 0.1) is 0 Å². The molecule has 0 radical (unpaired) electrons. The summed E-state index contributed by atoms with van der Waals surface area (Å²) in [6.07, 6.45) is 3.82. The van der Waals surface area contributed by atoms with Gasteiger partial charge in [0.25, 0.3) is 0 Å². The highest BCUT2D eigenvalue weighted by Gasteiger charge is 2.17. The Morgan fingerprint density at radius 2 is 0.979 bits per heavy atom. The average Bonchev–Trinajstić information content (AvgIpc) is 3.67. The summed E-state index contributed by atoms with van der Waals surface area (Å²) in [4.78, 5) is 14.8. The molecule has 0 saturated heterocycles. The van der Waals surface area contributed by atoms with Crippen LogP contribution >= 0.6 is 0 Å². The number of benzene rings is 6. The Balaban J connectivity index is 1.13. The second-order valence-corrected chi connectivity index (χ2v) is 12.1. The average molecular weight is 614 g/mol. The lowest BCUT2D eigenvalue weighted by Crippen LogP contribution is -1.97. The van der Waals surface area contributed by atoms with Gasteiger partial charge in [-0.15, -0.1) is 0 Å². The van der Waals surface area contributed by atoms with E-state index in [0.29, 0.717) is 5.82 Å². The Kier molecular flexibility index (Phi) is 5.81. The number of rotatable bonds is 4. The molecule has 0 spiro atoms. The lowest BCUT2D eigenvalue weighted by Gasteiger charge is -2.12. The molecule has 0 aliphatic rings. The molecule has 0 unspecified atom stereocenters. The molecule has 0 N–H and O–H groups in total. The van der Waals surface area contributed by atoms with Gasteiger partial charge in [-0.3, -0.25) is 4.98 Å². The molecule has 5 nitrogen and oxygen atoms in total. The zero-order valence-electron chi connectivity index (χ0n) is 25.8. The molecule has 4 heterocycles. The van der Waals surface area contributed by atoms with Gasteiger partial charge in [-0.25, -0.2) is 9.97 Å². The van der Waals surface area contributed by atoms with Gasteiger partial charge in [0.2, 0.25) is 0 Å². The third-order valence-electron chi connectivity index (χ3n) is 9.42. The number of fused-ring (bicyclic) bond motifs is 7. The van der Waals surface area contributed by atoms with Gasteiger partial charge < -0.3 is 9.13 Å². The fraction of sp³-hybridized carbons (Fsp3) is 0. The molecule has 0 atom stereocenters. The van der Waals surface area contributed by atoms with Crippen LogP contribution in [0.15, 0.2) is 164 Å². The van der Waals surface area contributed by atoms with Crippen LogP contribution in [0.1, 0.15) is 0 Å². The van der Waals surface area contributed by atoms with Crippen molar-refractivity contribution in [1.82, 2.24) is 24.1 Å². The van der Waals surface area contributed by atoms with Gasteiger partial charge in [0.1, 0.15) is 0 Å². The molecule has 0 aliphatic heterocycles.